The first-order chi connectivity index (χ1) is 16.8. The summed E-state index contributed by atoms with van der Waals surface area (Å²) in [5, 5.41) is 11.1. The molecule has 0 aliphatic carbocycles. The van der Waals surface area contributed by atoms with Gasteiger partial charge in [0.15, 0.2) is 9.84 Å². The van der Waals surface area contributed by atoms with E-state index in [-0.39, 0.29) is 50.5 Å². The van der Waals surface area contributed by atoms with Crippen LogP contribution in [0.3, 0.4) is 0 Å². The van der Waals surface area contributed by atoms with E-state index in [9.17, 15) is 8.42 Å². The molecule has 0 spiro atoms. The summed E-state index contributed by atoms with van der Waals surface area (Å²) >= 11 is 6.48. The number of aliphatic hydroxyl groups excluding tert-OH is 1. The first-order valence-electron chi connectivity index (χ1n) is 11.3. The van der Waals surface area contributed by atoms with Crippen molar-refractivity contribution in [2.75, 3.05) is 56.6 Å². The predicted octanol–water partition coefficient (Wildman–Crippen LogP) is 2.08. The fourth-order valence-electron chi connectivity index (χ4n) is 3.86. The molecule has 2 aliphatic heterocycles. The molecule has 1 fully saturated rings. The topological polar surface area (TPSA) is 200 Å². The summed E-state index contributed by atoms with van der Waals surface area (Å²) in [6.07, 6.45) is 1.81. The lowest BCUT2D eigenvalue weighted by atomic mass is 10.2. The number of sulfone groups is 1. The molecule has 0 saturated carbocycles. The van der Waals surface area contributed by atoms with Crippen LogP contribution in [0, 0.1) is 4.64 Å². The molecule has 11 nitrogen and oxygen atoms in total. The van der Waals surface area contributed by atoms with E-state index >= 15 is 0 Å². The zero-order chi connectivity index (χ0) is 24.8. The summed E-state index contributed by atoms with van der Waals surface area (Å²) in [7, 11) is -2.85. The number of anilines is 1. The van der Waals surface area contributed by atoms with Gasteiger partial charge in [0.1, 0.15) is 22.0 Å². The Morgan fingerprint density at radius 3 is 2.49 bits per heavy atom. The van der Waals surface area contributed by atoms with Crippen molar-refractivity contribution >= 4 is 55.5 Å². The Hall–Kier alpha value is -2.46. The monoisotopic (exact) mass is 603 g/mol. The van der Waals surface area contributed by atoms with Gasteiger partial charge in [-0.15, -0.1) is 0 Å². The maximum atomic E-state index is 11.6. The Bertz CT molecular complexity index is 1330. The predicted molar refractivity (Wildman–Crippen MR) is 165 cm³/mol. The van der Waals surface area contributed by atoms with Crippen LogP contribution >= 0.6 is 24.0 Å². The number of nitrogens with zero attached hydrogens (tertiary/aromatic N) is 2. The number of nitrogens with one attached hydrogen (secondary N) is 2. The van der Waals surface area contributed by atoms with E-state index in [1.165, 1.54) is 0 Å². The van der Waals surface area contributed by atoms with Crippen LogP contribution in [-0.2, 0) is 9.84 Å². The third-order valence-corrected chi connectivity index (χ3v) is 8.69. The highest BCUT2D eigenvalue weighted by Crippen LogP contribution is 2.32. The molecule has 4 heterocycles. The number of thioether (sulfide) groups is 1. The number of hydrogen-bond acceptors (Lipinski definition) is 9. The first kappa shape index (κ1) is 36.5. The molecule has 5 rings (SSSR count). The largest absolute Gasteiger partial charge is 0.491 e. The lowest BCUT2D eigenvalue weighted by Gasteiger charge is -2.28. The highest BCUT2D eigenvalue weighted by Gasteiger charge is 2.27. The SMILES string of the molecule is C.C.Nc1cc(OCCO)cc2cc(C3=NCC(CN4CCS(=O)(=O)CC4)S3)[nH]c12.O.O.S=c1cccc[nH]1. The molecule has 220 valence electrons. The highest BCUT2D eigenvalue weighted by molar-refractivity contribution is 8.15. The van der Waals surface area contributed by atoms with Crippen molar-refractivity contribution in [2.45, 2.75) is 20.1 Å². The van der Waals surface area contributed by atoms with Gasteiger partial charge in [-0.05, 0) is 24.3 Å². The Morgan fingerprint density at radius 1 is 1.18 bits per heavy atom. The van der Waals surface area contributed by atoms with Crippen LogP contribution in [0.25, 0.3) is 10.9 Å². The van der Waals surface area contributed by atoms with Crippen LogP contribution in [-0.4, -0.2) is 101 Å². The average molecular weight is 604 g/mol. The van der Waals surface area contributed by atoms with Gasteiger partial charge in [-0.2, -0.15) is 0 Å². The molecule has 0 bridgehead atoms. The fourth-order valence-corrected chi connectivity index (χ4v) is 6.42. The number of H-pyrrole nitrogens is 2. The van der Waals surface area contributed by atoms with Gasteiger partial charge in [-0.1, -0.05) is 44.9 Å². The number of aromatic nitrogens is 2. The smallest absolute Gasteiger partial charge is 0.152 e. The fraction of sp³-hybridized carbons (Fsp3) is 0.440. The zero-order valence-electron chi connectivity index (χ0n) is 20.1. The quantitative estimate of drug-likeness (QED) is 0.242. The lowest BCUT2D eigenvalue weighted by molar-refractivity contribution is 0.201. The van der Waals surface area contributed by atoms with Crippen LogP contribution in [0.1, 0.15) is 20.5 Å². The average Bonchev–Trinajstić information content (AvgIpc) is 3.47. The summed E-state index contributed by atoms with van der Waals surface area (Å²) in [5.74, 6) is 1.13. The van der Waals surface area contributed by atoms with E-state index in [4.69, 9.17) is 27.8 Å². The van der Waals surface area contributed by atoms with Crippen LogP contribution in [0.2, 0.25) is 0 Å². The van der Waals surface area contributed by atoms with E-state index in [0.29, 0.717) is 29.8 Å². The summed E-state index contributed by atoms with van der Waals surface area (Å²) in [6, 6.07) is 11.3. The molecule has 2 aliphatic rings. The standard InChI is InChI=1S/C18H24N4O4S2.C5H5NS.2CH4.2H2O/c19-15-9-13(26-4-3-23)7-12-8-16(21-17(12)15)18-20-10-14(27-18)11-22-1-5-28(24,25)6-2-22;7-5-3-1-2-4-6-5;;;;/h7-9,14,21,23H,1-6,10-11,19H2;1-4H,(H,6,7);2*1H4;2*1H2. The van der Waals surface area contributed by atoms with Crippen LogP contribution in [0.4, 0.5) is 5.69 Å². The normalized spacial score (nSPS) is 17.7. The minimum absolute atomic E-state index is 0. The molecule has 0 amide bonds. The highest BCUT2D eigenvalue weighted by atomic mass is 32.2. The Labute approximate surface area is 239 Å². The van der Waals surface area contributed by atoms with Gasteiger partial charge in [0.05, 0.1) is 41.6 Å². The number of ether oxygens (including phenoxy) is 1. The van der Waals surface area contributed by atoms with Gasteiger partial charge >= 0.3 is 0 Å². The summed E-state index contributed by atoms with van der Waals surface area (Å²) in [4.78, 5) is 13.1. The molecule has 0 radical (unpaired) electrons. The third kappa shape index (κ3) is 10.2. The Kier molecular flexibility index (Phi) is 15.6. The molecule has 1 aromatic carbocycles. The van der Waals surface area contributed by atoms with Crippen molar-refractivity contribution in [3.05, 3.63) is 52.9 Å². The minimum Gasteiger partial charge on any atom is -0.491 e. The van der Waals surface area contributed by atoms with E-state index in [1.54, 1.807) is 17.8 Å². The van der Waals surface area contributed by atoms with Crippen molar-refractivity contribution in [1.82, 2.24) is 14.9 Å². The second kappa shape index (κ2) is 16.6. The second-order valence-corrected chi connectivity index (χ2v) is 12.3. The number of pyridine rings is 1. The minimum atomic E-state index is -2.85. The second-order valence-electron chi connectivity index (χ2n) is 8.30. The number of rotatable bonds is 6. The molecular weight excluding hydrogens is 563 g/mol. The van der Waals surface area contributed by atoms with Crippen molar-refractivity contribution in [3.63, 3.8) is 0 Å². The Balaban J connectivity index is 0.00000115. The molecule has 1 unspecified atom stereocenters. The van der Waals surface area contributed by atoms with Gasteiger partial charge in [0, 0.05) is 42.5 Å². The van der Waals surface area contributed by atoms with Crippen LogP contribution in [0.5, 0.6) is 5.75 Å². The van der Waals surface area contributed by atoms with Gasteiger partial charge in [0.25, 0.3) is 0 Å². The number of hydrogen-bond donors (Lipinski definition) is 4. The number of aromatic amines is 2. The molecule has 39 heavy (non-hydrogen) atoms. The van der Waals surface area contributed by atoms with Crippen LogP contribution in [0.15, 0.2) is 47.6 Å². The molecule has 14 heteroatoms. The number of nitrogens with two attached hydrogens (primary N) is 1. The van der Waals surface area contributed by atoms with Crippen molar-refractivity contribution < 1.29 is 29.2 Å². The lowest BCUT2D eigenvalue weighted by Crippen LogP contribution is -2.43. The van der Waals surface area contributed by atoms with Crippen molar-refractivity contribution in [1.29, 1.82) is 0 Å². The maximum Gasteiger partial charge on any atom is 0.152 e. The molecule has 9 N–H and O–H groups in total. The summed E-state index contributed by atoms with van der Waals surface area (Å²) < 4.78 is 29.4. The number of aliphatic hydroxyl groups is 1. The molecule has 2 aromatic heterocycles. The molecule has 3 aromatic rings. The van der Waals surface area contributed by atoms with Gasteiger partial charge in [0.2, 0.25) is 0 Å². The zero-order valence-corrected chi connectivity index (χ0v) is 22.6. The van der Waals surface area contributed by atoms with E-state index in [1.807, 2.05) is 36.5 Å². The summed E-state index contributed by atoms with van der Waals surface area (Å²) in [6.45, 7) is 2.95. The molecular formula is C25H41N5O6S3. The van der Waals surface area contributed by atoms with Gasteiger partial charge in [-0.3, -0.25) is 4.99 Å². The van der Waals surface area contributed by atoms with Gasteiger partial charge < -0.3 is 41.4 Å². The number of nitrogen functional groups attached to an aromatic ring is 1. The third-order valence-electron chi connectivity index (χ3n) is 5.62. The number of benzene rings is 1. The van der Waals surface area contributed by atoms with Crippen molar-refractivity contribution in [3.8, 4) is 5.75 Å². The number of fused-ring (bicyclic) bond motifs is 1. The van der Waals surface area contributed by atoms with Crippen molar-refractivity contribution in [2.24, 2.45) is 4.99 Å². The summed E-state index contributed by atoms with van der Waals surface area (Å²) in [5.41, 5.74) is 8.50. The first-order valence-corrected chi connectivity index (χ1v) is 14.4. The van der Waals surface area contributed by atoms with E-state index in [2.05, 4.69) is 19.9 Å². The molecule has 1 atom stereocenters. The molecule has 1 saturated heterocycles. The number of aliphatic imine (C=N–C) groups is 1. The van der Waals surface area contributed by atoms with Crippen LogP contribution < -0.4 is 10.5 Å². The van der Waals surface area contributed by atoms with E-state index in [0.717, 1.165) is 39.4 Å². The van der Waals surface area contributed by atoms with E-state index < -0.39 is 9.84 Å². The maximum absolute atomic E-state index is 11.6. The van der Waals surface area contributed by atoms with Gasteiger partial charge in [-0.25, -0.2) is 8.42 Å². The Morgan fingerprint density at radius 2 is 1.90 bits per heavy atom.